The third-order valence-corrected chi connectivity index (χ3v) is 5.05. The van der Waals surface area contributed by atoms with Gasteiger partial charge in [0.2, 0.25) is 5.91 Å². The number of furan rings is 1. The van der Waals surface area contributed by atoms with Gasteiger partial charge in [0, 0.05) is 30.8 Å². The number of hydrogen-bond acceptors (Lipinski definition) is 5. The summed E-state index contributed by atoms with van der Waals surface area (Å²) >= 11 is 0. The number of aromatic nitrogens is 1. The van der Waals surface area contributed by atoms with Crippen molar-refractivity contribution in [3.8, 4) is 11.3 Å². The fraction of sp³-hybridized carbons (Fsp3) is 0.160. The molecule has 7 heteroatoms. The van der Waals surface area contributed by atoms with Crippen molar-refractivity contribution in [3.05, 3.63) is 102 Å². The maximum atomic E-state index is 13.1. The van der Waals surface area contributed by atoms with Gasteiger partial charge in [0.25, 0.3) is 5.91 Å². The zero-order valence-corrected chi connectivity index (χ0v) is 17.7. The lowest BCUT2D eigenvalue weighted by Gasteiger charge is -2.21. The summed E-state index contributed by atoms with van der Waals surface area (Å²) in [7, 11) is 1.59. The van der Waals surface area contributed by atoms with Crippen LogP contribution >= 0.6 is 0 Å². The Balaban J connectivity index is 1.49. The molecule has 0 bridgehead atoms. The number of rotatable bonds is 8. The molecule has 0 saturated carbocycles. The van der Waals surface area contributed by atoms with Crippen LogP contribution in [-0.2, 0) is 24.3 Å². The van der Waals surface area contributed by atoms with Crippen LogP contribution in [0.1, 0.15) is 27.4 Å². The van der Waals surface area contributed by atoms with Crippen LogP contribution in [0.5, 0.6) is 0 Å². The molecule has 7 nitrogen and oxygen atoms in total. The number of hydrogen-bond donors (Lipinski definition) is 1. The highest BCUT2D eigenvalue weighted by Gasteiger charge is 2.19. The Hall–Kier alpha value is -4.13. The zero-order valence-electron chi connectivity index (χ0n) is 17.7. The molecule has 2 amide bonds. The van der Waals surface area contributed by atoms with Crippen molar-refractivity contribution in [1.82, 2.24) is 15.4 Å². The van der Waals surface area contributed by atoms with Crippen LogP contribution in [0.25, 0.3) is 11.3 Å². The Kier molecular flexibility index (Phi) is 6.46. The van der Waals surface area contributed by atoms with E-state index < -0.39 is 0 Å². The van der Waals surface area contributed by atoms with Gasteiger partial charge in [0.1, 0.15) is 5.76 Å². The van der Waals surface area contributed by atoms with Crippen molar-refractivity contribution < 1.29 is 18.5 Å². The number of amides is 2. The van der Waals surface area contributed by atoms with Crippen molar-refractivity contribution in [2.45, 2.75) is 19.5 Å². The summed E-state index contributed by atoms with van der Waals surface area (Å²) in [6.07, 6.45) is 1.69. The van der Waals surface area contributed by atoms with Crippen molar-refractivity contribution in [1.29, 1.82) is 0 Å². The van der Waals surface area contributed by atoms with Crippen molar-refractivity contribution in [2.75, 3.05) is 7.05 Å². The third-order valence-electron chi connectivity index (χ3n) is 5.05. The molecule has 0 aliphatic heterocycles. The lowest BCUT2D eigenvalue weighted by Crippen LogP contribution is -2.31. The van der Waals surface area contributed by atoms with E-state index in [2.05, 4.69) is 10.5 Å². The van der Waals surface area contributed by atoms with E-state index in [0.717, 1.165) is 11.1 Å². The highest BCUT2D eigenvalue weighted by molar-refractivity contribution is 5.93. The number of nitrogens with zero attached hydrogens (tertiary/aromatic N) is 2. The van der Waals surface area contributed by atoms with Crippen LogP contribution in [0.4, 0.5) is 0 Å². The summed E-state index contributed by atoms with van der Waals surface area (Å²) in [5.41, 5.74) is 2.94. The first kappa shape index (κ1) is 21.1. The van der Waals surface area contributed by atoms with Gasteiger partial charge in [-0.2, -0.15) is 0 Å². The summed E-state index contributed by atoms with van der Waals surface area (Å²) in [5, 5.41) is 6.67. The van der Waals surface area contributed by atoms with Crippen molar-refractivity contribution in [2.24, 2.45) is 0 Å². The molecule has 0 fully saturated rings. The Morgan fingerprint density at radius 3 is 2.44 bits per heavy atom. The molecule has 0 saturated heterocycles. The normalized spacial score (nSPS) is 10.7. The quantitative estimate of drug-likeness (QED) is 0.456. The summed E-state index contributed by atoms with van der Waals surface area (Å²) in [4.78, 5) is 26.6. The molecule has 4 aromatic rings. The molecule has 2 aromatic heterocycles. The molecule has 0 radical (unpaired) electrons. The SMILES string of the molecule is CNC(=O)c1ccc(CN(Cc2ccco2)C(=O)Cc2cc(-c3ccccc3)on2)cc1. The molecule has 2 aromatic carbocycles. The summed E-state index contributed by atoms with van der Waals surface area (Å²) in [6.45, 7) is 0.698. The topological polar surface area (TPSA) is 88.6 Å². The van der Waals surface area contributed by atoms with E-state index in [1.54, 1.807) is 42.5 Å². The second-order valence-corrected chi connectivity index (χ2v) is 7.33. The zero-order chi connectivity index (χ0) is 22.3. The molecule has 0 aliphatic rings. The van der Waals surface area contributed by atoms with Crippen molar-refractivity contribution in [3.63, 3.8) is 0 Å². The third kappa shape index (κ3) is 5.13. The predicted molar refractivity (Wildman–Crippen MR) is 118 cm³/mol. The molecule has 2 heterocycles. The van der Waals surface area contributed by atoms with Crippen LogP contribution in [0.15, 0.2) is 88.0 Å². The van der Waals surface area contributed by atoms with E-state index in [-0.39, 0.29) is 18.2 Å². The highest BCUT2D eigenvalue weighted by atomic mass is 16.5. The summed E-state index contributed by atoms with van der Waals surface area (Å²) in [5.74, 6) is 1.05. The van der Waals surface area contributed by atoms with Crippen LogP contribution in [0.2, 0.25) is 0 Å². The molecule has 162 valence electrons. The van der Waals surface area contributed by atoms with E-state index in [9.17, 15) is 9.59 Å². The van der Waals surface area contributed by atoms with Gasteiger partial charge in [-0.25, -0.2) is 0 Å². The standard InChI is InChI=1S/C25H23N3O4/c1-26-25(30)20-11-9-18(10-12-20)16-28(17-22-8-5-13-31-22)24(29)15-21-14-23(32-27-21)19-6-3-2-4-7-19/h2-14H,15-17H2,1H3,(H,26,30). The van der Waals surface area contributed by atoms with Gasteiger partial charge in [-0.1, -0.05) is 47.6 Å². The molecular formula is C25H23N3O4. The number of carbonyl (C=O) groups excluding carboxylic acids is 2. The second-order valence-electron chi connectivity index (χ2n) is 7.33. The van der Waals surface area contributed by atoms with Crippen molar-refractivity contribution >= 4 is 11.8 Å². The molecule has 0 spiro atoms. The van der Waals surface area contributed by atoms with E-state index in [4.69, 9.17) is 8.94 Å². The molecule has 4 rings (SSSR count). The minimum absolute atomic E-state index is 0.105. The van der Waals surface area contributed by atoms with Gasteiger partial charge >= 0.3 is 0 Å². The average molecular weight is 429 g/mol. The lowest BCUT2D eigenvalue weighted by molar-refractivity contribution is -0.132. The van der Waals surface area contributed by atoms with Gasteiger partial charge in [0.05, 0.1) is 24.9 Å². The summed E-state index contributed by atoms with van der Waals surface area (Å²) < 4.78 is 10.9. The first-order chi connectivity index (χ1) is 15.6. The van der Waals surface area contributed by atoms with Gasteiger partial charge in [0.15, 0.2) is 5.76 Å². The predicted octanol–water partition coefficient (Wildman–Crippen LogP) is 4.07. The molecule has 0 atom stereocenters. The monoisotopic (exact) mass is 429 g/mol. The number of carbonyl (C=O) groups is 2. The van der Waals surface area contributed by atoms with Crippen LogP contribution in [0.3, 0.4) is 0 Å². The highest BCUT2D eigenvalue weighted by Crippen LogP contribution is 2.21. The fourth-order valence-electron chi connectivity index (χ4n) is 3.35. The van der Waals surface area contributed by atoms with E-state index in [1.165, 1.54) is 0 Å². The van der Waals surface area contributed by atoms with E-state index in [0.29, 0.717) is 35.9 Å². The first-order valence-electron chi connectivity index (χ1n) is 10.2. The van der Waals surface area contributed by atoms with Crippen LogP contribution in [0, 0.1) is 0 Å². The Morgan fingerprint density at radius 2 is 1.75 bits per heavy atom. The first-order valence-corrected chi connectivity index (χ1v) is 10.2. The Bertz CT molecular complexity index is 1170. The minimum Gasteiger partial charge on any atom is -0.467 e. The second kappa shape index (κ2) is 9.78. The molecule has 1 N–H and O–H groups in total. The molecule has 0 aliphatic carbocycles. The van der Waals surface area contributed by atoms with E-state index >= 15 is 0 Å². The van der Waals surface area contributed by atoms with Gasteiger partial charge in [-0.05, 0) is 29.8 Å². The Morgan fingerprint density at radius 1 is 0.969 bits per heavy atom. The summed E-state index contributed by atoms with van der Waals surface area (Å²) in [6, 6.07) is 22.2. The largest absolute Gasteiger partial charge is 0.467 e. The van der Waals surface area contributed by atoms with Gasteiger partial charge in [-0.15, -0.1) is 0 Å². The lowest BCUT2D eigenvalue weighted by atomic mass is 10.1. The fourth-order valence-corrected chi connectivity index (χ4v) is 3.35. The van der Waals surface area contributed by atoms with Crippen LogP contribution in [-0.4, -0.2) is 28.9 Å². The van der Waals surface area contributed by atoms with Gasteiger partial charge < -0.3 is 19.2 Å². The molecule has 32 heavy (non-hydrogen) atoms. The van der Waals surface area contributed by atoms with Crippen LogP contribution < -0.4 is 5.32 Å². The number of benzene rings is 2. The van der Waals surface area contributed by atoms with E-state index in [1.807, 2.05) is 48.5 Å². The number of nitrogens with one attached hydrogen (secondary N) is 1. The maximum Gasteiger partial charge on any atom is 0.251 e. The molecular weight excluding hydrogens is 406 g/mol. The minimum atomic E-state index is -0.152. The molecule has 0 unspecified atom stereocenters. The maximum absolute atomic E-state index is 13.1. The average Bonchev–Trinajstić information content (AvgIpc) is 3.51. The Labute approximate surface area is 185 Å². The smallest absolute Gasteiger partial charge is 0.251 e. The van der Waals surface area contributed by atoms with Gasteiger partial charge in [-0.3, -0.25) is 9.59 Å².